The second-order valence-corrected chi connectivity index (χ2v) is 15.6. The van der Waals surface area contributed by atoms with Gasteiger partial charge in [0.05, 0.1) is 19.8 Å². The smallest absolute Gasteiger partial charge is 0.397 e. The molecule has 0 radical (unpaired) electrons. The maximum atomic E-state index is 12.8. The van der Waals surface area contributed by atoms with Crippen LogP contribution in [-0.4, -0.2) is 97.5 Å². The molecule has 330 valence electrons. The van der Waals surface area contributed by atoms with Gasteiger partial charge in [-0.1, -0.05) is 132 Å². The molecule has 0 bridgehead atoms. The van der Waals surface area contributed by atoms with E-state index >= 15 is 0 Å². The number of unbranched alkanes of at least 4 members (excludes halogenated alkanes) is 13. The Bertz CT molecular complexity index is 1230. The molecule has 1 aliphatic rings. The maximum Gasteiger partial charge on any atom is 0.397 e. The van der Waals surface area contributed by atoms with E-state index in [-0.39, 0.29) is 19.6 Å². The molecule has 0 aromatic carbocycles. The molecule has 6 atom stereocenters. The molecule has 13 heteroatoms. The van der Waals surface area contributed by atoms with Gasteiger partial charge in [-0.3, -0.25) is 9.35 Å². The Balaban J connectivity index is 2.51. The van der Waals surface area contributed by atoms with Crippen molar-refractivity contribution >= 4 is 16.4 Å². The summed E-state index contributed by atoms with van der Waals surface area (Å²) in [6.45, 7) is 3.69. The lowest BCUT2D eigenvalue weighted by Crippen LogP contribution is -2.60. The minimum atomic E-state index is -5.07. The largest absolute Gasteiger partial charge is 0.457 e. The first-order valence-corrected chi connectivity index (χ1v) is 22.9. The number of aliphatic hydroxyl groups is 3. The second-order valence-electron chi connectivity index (χ2n) is 14.5. The highest BCUT2D eigenvalue weighted by atomic mass is 32.3. The van der Waals surface area contributed by atoms with Crippen LogP contribution in [0.1, 0.15) is 149 Å². The van der Waals surface area contributed by atoms with Crippen LogP contribution in [0.15, 0.2) is 60.8 Å². The fourth-order valence-electron chi connectivity index (χ4n) is 6.14. The van der Waals surface area contributed by atoms with Crippen molar-refractivity contribution < 1.29 is 56.2 Å². The van der Waals surface area contributed by atoms with Crippen LogP contribution in [-0.2, 0) is 38.3 Å². The molecular weight excluding hydrogens is 753 g/mol. The predicted molar refractivity (Wildman–Crippen MR) is 225 cm³/mol. The number of rotatable bonds is 36. The lowest BCUT2D eigenvalue weighted by molar-refractivity contribution is -0.301. The Morgan fingerprint density at radius 1 is 0.684 bits per heavy atom. The molecular formula is C44H76O12S. The maximum absolute atomic E-state index is 12.8. The molecule has 0 aromatic heterocycles. The molecule has 1 saturated heterocycles. The van der Waals surface area contributed by atoms with Crippen molar-refractivity contribution in [1.82, 2.24) is 0 Å². The zero-order valence-electron chi connectivity index (χ0n) is 34.9. The van der Waals surface area contributed by atoms with Crippen LogP contribution in [0.3, 0.4) is 0 Å². The summed E-state index contributed by atoms with van der Waals surface area (Å²) in [6, 6.07) is 0. The monoisotopic (exact) mass is 829 g/mol. The number of allylic oxidation sites excluding steroid dienone is 10. The van der Waals surface area contributed by atoms with Crippen LogP contribution in [0.25, 0.3) is 0 Å². The molecule has 1 rings (SSSR count). The number of hydrogen-bond donors (Lipinski definition) is 4. The third-order valence-corrected chi connectivity index (χ3v) is 9.84. The minimum Gasteiger partial charge on any atom is -0.457 e. The van der Waals surface area contributed by atoms with Crippen molar-refractivity contribution in [1.29, 1.82) is 0 Å². The van der Waals surface area contributed by atoms with Crippen LogP contribution in [0.5, 0.6) is 0 Å². The third-order valence-electron chi connectivity index (χ3n) is 9.37. The van der Waals surface area contributed by atoms with Gasteiger partial charge in [-0.05, 0) is 70.6 Å². The van der Waals surface area contributed by atoms with E-state index in [0.717, 1.165) is 77.0 Å². The summed E-state index contributed by atoms with van der Waals surface area (Å²) in [7, 11) is -5.07. The molecule has 12 nitrogen and oxygen atoms in total. The average Bonchev–Trinajstić information content (AvgIpc) is 3.18. The number of carbonyl (C=O) groups is 1. The van der Waals surface area contributed by atoms with E-state index < -0.39 is 59.8 Å². The van der Waals surface area contributed by atoms with Gasteiger partial charge in [0.15, 0.2) is 6.29 Å². The number of ether oxygens (including phenoxy) is 4. The Morgan fingerprint density at radius 2 is 1.21 bits per heavy atom. The van der Waals surface area contributed by atoms with Crippen LogP contribution in [0.4, 0.5) is 0 Å². The van der Waals surface area contributed by atoms with Crippen molar-refractivity contribution in [3.05, 3.63) is 60.8 Å². The lowest BCUT2D eigenvalue weighted by atomic mass is 9.99. The van der Waals surface area contributed by atoms with Gasteiger partial charge in [0, 0.05) is 13.0 Å². The average molecular weight is 829 g/mol. The topological polar surface area (TPSA) is 178 Å². The van der Waals surface area contributed by atoms with Crippen LogP contribution < -0.4 is 0 Å². The fourth-order valence-corrected chi connectivity index (χ4v) is 6.65. The highest BCUT2D eigenvalue weighted by Crippen LogP contribution is 2.26. The van der Waals surface area contributed by atoms with Crippen LogP contribution in [0.2, 0.25) is 0 Å². The summed E-state index contributed by atoms with van der Waals surface area (Å²) in [5.74, 6) is -0.429. The Hall–Kier alpha value is -2.20. The van der Waals surface area contributed by atoms with Crippen molar-refractivity contribution in [3.8, 4) is 0 Å². The van der Waals surface area contributed by atoms with Gasteiger partial charge in [-0.15, -0.1) is 0 Å². The van der Waals surface area contributed by atoms with E-state index in [9.17, 15) is 28.5 Å². The van der Waals surface area contributed by atoms with E-state index in [1.54, 1.807) is 0 Å². The Kier molecular flexibility index (Phi) is 33.1. The van der Waals surface area contributed by atoms with Crippen molar-refractivity contribution in [2.45, 2.75) is 185 Å². The van der Waals surface area contributed by atoms with Gasteiger partial charge in [0.1, 0.15) is 30.5 Å². The number of hydrogen-bond acceptors (Lipinski definition) is 11. The zero-order valence-corrected chi connectivity index (χ0v) is 35.7. The van der Waals surface area contributed by atoms with E-state index in [0.29, 0.717) is 13.0 Å². The third kappa shape index (κ3) is 29.6. The van der Waals surface area contributed by atoms with E-state index in [2.05, 4.69) is 78.8 Å². The molecule has 1 heterocycles. The van der Waals surface area contributed by atoms with Gasteiger partial charge in [-0.25, -0.2) is 4.18 Å². The normalized spacial score (nSPS) is 21.3. The highest BCUT2D eigenvalue weighted by molar-refractivity contribution is 7.80. The van der Waals surface area contributed by atoms with Gasteiger partial charge in [0.2, 0.25) is 0 Å². The highest BCUT2D eigenvalue weighted by Gasteiger charge is 2.48. The molecule has 4 N–H and O–H groups in total. The van der Waals surface area contributed by atoms with Gasteiger partial charge in [-0.2, -0.15) is 8.42 Å². The molecule has 0 amide bonds. The Labute approximate surface area is 344 Å². The van der Waals surface area contributed by atoms with E-state index in [1.807, 2.05) is 0 Å². The van der Waals surface area contributed by atoms with Gasteiger partial charge in [0.25, 0.3) is 0 Å². The number of aliphatic hydroxyl groups excluding tert-OH is 3. The summed E-state index contributed by atoms with van der Waals surface area (Å²) in [5, 5.41) is 30.6. The summed E-state index contributed by atoms with van der Waals surface area (Å²) in [4.78, 5) is 12.8. The summed E-state index contributed by atoms with van der Waals surface area (Å²) >= 11 is 0. The number of carbonyl (C=O) groups excluding carboxylic acids is 1. The molecule has 1 aliphatic heterocycles. The van der Waals surface area contributed by atoms with Crippen LogP contribution in [0, 0.1) is 0 Å². The first kappa shape index (κ1) is 52.8. The standard InChI is InChI=1S/C44H76O12S/c1-3-5-7-9-11-13-15-17-19-20-21-23-25-27-29-31-33-40(46)54-38(36-52-34-32-30-28-26-24-22-18-16-14-12-10-8-6-4-2)37-53-44-42(48)43(56-57(49,50)51)41(47)39(35-45)55-44/h6,8,12,14,18-20,22,26,28,38-39,41-45,47-48H,3-5,7,9-11,13,15-17,21,23-25,27,29-37H2,1-2H3,(H,49,50,51)/b8-6-,14-12-,20-19-,22-18-,28-26-. The molecule has 1 fully saturated rings. The summed E-state index contributed by atoms with van der Waals surface area (Å²) in [5.41, 5.74) is 0. The molecule has 0 spiro atoms. The molecule has 0 aromatic rings. The van der Waals surface area contributed by atoms with Gasteiger partial charge < -0.3 is 34.3 Å². The fraction of sp³-hybridized carbons (Fsp3) is 0.750. The number of esters is 1. The molecule has 0 saturated carbocycles. The predicted octanol–water partition coefficient (Wildman–Crippen LogP) is 8.57. The first-order valence-electron chi connectivity index (χ1n) is 21.5. The zero-order chi connectivity index (χ0) is 41.8. The molecule has 57 heavy (non-hydrogen) atoms. The van der Waals surface area contributed by atoms with Crippen molar-refractivity contribution in [2.24, 2.45) is 0 Å². The lowest BCUT2D eigenvalue weighted by Gasteiger charge is -2.41. The van der Waals surface area contributed by atoms with E-state index in [4.69, 9.17) is 23.5 Å². The molecule has 0 aliphatic carbocycles. The Morgan fingerprint density at radius 3 is 1.79 bits per heavy atom. The first-order chi connectivity index (χ1) is 27.6. The second kappa shape index (κ2) is 35.7. The minimum absolute atomic E-state index is 0.00770. The summed E-state index contributed by atoms with van der Waals surface area (Å²) in [6.07, 6.45) is 34.1. The molecule has 6 unspecified atom stereocenters. The summed E-state index contributed by atoms with van der Waals surface area (Å²) < 4.78 is 58.9. The quantitative estimate of drug-likeness (QED) is 0.0205. The van der Waals surface area contributed by atoms with E-state index in [1.165, 1.54) is 44.9 Å². The van der Waals surface area contributed by atoms with Crippen molar-refractivity contribution in [2.75, 3.05) is 26.4 Å². The SMILES string of the molecule is CC/C=C\C/C=C\C/C=C\C/C=C\CCCOCC(COC1OC(CO)C(O)C(OS(=O)(=O)O)C1O)OC(=O)CCCCCCC/C=C\CCCCCCCCC. The van der Waals surface area contributed by atoms with Crippen molar-refractivity contribution in [3.63, 3.8) is 0 Å². The van der Waals surface area contributed by atoms with Gasteiger partial charge >= 0.3 is 16.4 Å². The van der Waals surface area contributed by atoms with Crippen LogP contribution >= 0.6 is 0 Å².